The van der Waals surface area contributed by atoms with E-state index < -0.39 is 5.97 Å². The number of carbonyl (C=O) groups is 1. The summed E-state index contributed by atoms with van der Waals surface area (Å²) in [5, 5.41) is 16.8. The number of aromatic nitrogens is 3. The lowest BCUT2D eigenvalue weighted by Crippen LogP contribution is -2.00. The molecule has 0 bridgehead atoms. The molecule has 2 aromatic heterocycles. The maximum atomic E-state index is 10.8. The molecule has 0 radical (unpaired) electrons. The minimum atomic E-state index is -0.944. The van der Waals surface area contributed by atoms with Crippen molar-refractivity contribution in [2.45, 2.75) is 5.75 Å². The molecule has 0 amide bonds. The fraction of sp³-hybridized carbons (Fsp3) is 0.222. The molecule has 0 unspecified atom stereocenters. The third kappa shape index (κ3) is 1.80. The van der Waals surface area contributed by atoms with Crippen molar-refractivity contribution in [1.29, 1.82) is 0 Å². The largest absolute Gasteiger partial charge is 0.478 e. The Bertz CT molecular complexity index is 509. The fourth-order valence-corrected chi connectivity index (χ4v) is 1.75. The van der Waals surface area contributed by atoms with Gasteiger partial charge < -0.3 is 5.11 Å². The summed E-state index contributed by atoms with van der Waals surface area (Å²) in [6, 6.07) is 3.18. The van der Waals surface area contributed by atoms with Crippen LogP contribution in [0.25, 0.3) is 5.65 Å². The fourth-order valence-electron chi connectivity index (χ4n) is 1.29. The summed E-state index contributed by atoms with van der Waals surface area (Å²) in [7, 11) is 0. The number of nitrogens with zero attached hydrogens (tertiary/aromatic N) is 3. The van der Waals surface area contributed by atoms with Crippen LogP contribution in [0.3, 0.4) is 0 Å². The van der Waals surface area contributed by atoms with Gasteiger partial charge >= 0.3 is 5.97 Å². The molecular weight excluding hydrogens is 214 g/mol. The van der Waals surface area contributed by atoms with Crippen LogP contribution in [-0.2, 0) is 5.75 Å². The van der Waals surface area contributed by atoms with Crippen LogP contribution < -0.4 is 0 Å². The highest BCUT2D eigenvalue weighted by Crippen LogP contribution is 2.11. The van der Waals surface area contributed by atoms with Crippen molar-refractivity contribution in [2.24, 2.45) is 0 Å². The molecule has 0 aromatic carbocycles. The molecule has 5 nitrogen and oxygen atoms in total. The Kier molecular flexibility index (Phi) is 2.59. The number of fused-ring (bicyclic) bond motifs is 1. The zero-order chi connectivity index (χ0) is 10.8. The molecule has 2 heterocycles. The van der Waals surface area contributed by atoms with Crippen LogP contribution in [0.5, 0.6) is 0 Å². The molecule has 1 N–H and O–H groups in total. The van der Waals surface area contributed by atoms with Gasteiger partial charge in [-0.2, -0.15) is 11.8 Å². The van der Waals surface area contributed by atoms with E-state index in [2.05, 4.69) is 10.2 Å². The Hall–Kier alpha value is -1.56. The van der Waals surface area contributed by atoms with Gasteiger partial charge in [0.1, 0.15) is 5.82 Å². The van der Waals surface area contributed by atoms with Crippen molar-refractivity contribution in [2.75, 3.05) is 6.26 Å². The Labute approximate surface area is 90.1 Å². The summed E-state index contributed by atoms with van der Waals surface area (Å²) < 4.78 is 1.71. The first kappa shape index (κ1) is 9.97. The van der Waals surface area contributed by atoms with Crippen molar-refractivity contribution < 1.29 is 9.90 Å². The van der Waals surface area contributed by atoms with E-state index in [4.69, 9.17) is 5.11 Å². The van der Waals surface area contributed by atoms with E-state index in [1.54, 1.807) is 28.4 Å². The summed E-state index contributed by atoms with van der Waals surface area (Å²) in [6.07, 6.45) is 3.51. The van der Waals surface area contributed by atoms with E-state index in [0.717, 1.165) is 5.82 Å². The summed E-state index contributed by atoms with van der Waals surface area (Å²) in [6.45, 7) is 0. The van der Waals surface area contributed by atoms with Crippen molar-refractivity contribution in [3.05, 3.63) is 29.7 Å². The van der Waals surface area contributed by atoms with Gasteiger partial charge in [-0.15, -0.1) is 10.2 Å². The molecule has 0 saturated carbocycles. The predicted molar refractivity (Wildman–Crippen MR) is 57.2 cm³/mol. The van der Waals surface area contributed by atoms with E-state index >= 15 is 0 Å². The molecule has 0 atom stereocenters. The van der Waals surface area contributed by atoms with Crippen LogP contribution in [-0.4, -0.2) is 31.9 Å². The second-order valence-electron chi connectivity index (χ2n) is 3.00. The molecular formula is C9H9N3O2S. The molecule has 0 aliphatic carbocycles. The highest BCUT2D eigenvalue weighted by atomic mass is 32.2. The lowest BCUT2D eigenvalue weighted by atomic mass is 10.3. The highest BCUT2D eigenvalue weighted by molar-refractivity contribution is 7.97. The second-order valence-corrected chi connectivity index (χ2v) is 3.87. The molecule has 2 aromatic rings. The van der Waals surface area contributed by atoms with Crippen molar-refractivity contribution in [3.63, 3.8) is 0 Å². The molecule has 0 aliphatic heterocycles. The van der Waals surface area contributed by atoms with Crippen LogP contribution in [0.1, 0.15) is 16.2 Å². The molecule has 0 saturated heterocycles. The van der Waals surface area contributed by atoms with Gasteiger partial charge in [0.15, 0.2) is 5.65 Å². The number of carboxylic acid groups (broad SMARTS) is 1. The average molecular weight is 223 g/mol. The van der Waals surface area contributed by atoms with E-state index in [1.807, 2.05) is 6.26 Å². The van der Waals surface area contributed by atoms with E-state index in [0.29, 0.717) is 11.4 Å². The topological polar surface area (TPSA) is 67.5 Å². The van der Waals surface area contributed by atoms with Crippen molar-refractivity contribution >= 4 is 23.4 Å². The third-order valence-electron chi connectivity index (χ3n) is 1.99. The zero-order valence-corrected chi connectivity index (χ0v) is 8.86. The molecule has 6 heteroatoms. The predicted octanol–water partition coefficient (Wildman–Crippen LogP) is 1.29. The van der Waals surface area contributed by atoms with E-state index in [1.165, 1.54) is 6.07 Å². The van der Waals surface area contributed by atoms with Gasteiger partial charge in [0.25, 0.3) is 0 Å². The second kappa shape index (κ2) is 3.90. The zero-order valence-electron chi connectivity index (χ0n) is 8.04. The minimum absolute atomic E-state index is 0.240. The van der Waals surface area contributed by atoms with E-state index in [9.17, 15) is 4.79 Å². The Morgan fingerprint density at radius 3 is 3.00 bits per heavy atom. The Morgan fingerprint density at radius 1 is 1.53 bits per heavy atom. The lowest BCUT2D eigenvalue weighted by molar-refractivity contribution is 0.0696. The van der Waals surface area contributed by atoms with Crippen LogP contribution in [0.4, 0.5) is 0 Å². The SMILES string of the molecule is CSCc1nnc2ccc(C(=O)O)cn12. The van der Waals surface area contributed by atoms with Gasteiger partial charge in [-0.25, -0.2) is 4.79 Å². The van der Waals surface area contributed by atoms with Crippen LogP contribution in [0.15, 0.2) is 18.3 Å². The number of hydrogen-bond acceptors (Lipinski definition) is 4. The third-order valence-corrected chi connectivity index (χ3v) is 2.54. The number of aromatic carboxylic acids is 1. The molecule has 78 valence electrons. The normalized spacial score (nSPS) is 10.7. The maximum Gasteiger partial charge on any atom is 0.337 e. The first-order valence-corrected chi connectivity index (χ1v) is 5.67. The number of hydrogen-bond donors (Lipinski definition) is 1. The Morgan fingerprint density at radius 2 is 2.33 bits per heavy atom. The summed E-state index contributed by atoms with van der Waals surface area (Å²) >= 11 is 1.62. The number of rotatable bonds is 3. The van der Waals surface area contributed by atoms with Gasteiger partial charge in [-0.3, -0.25) is 4.40 Å². The van der Waals surface area contributed by atoms with Gasteiger partial charge in [-0.1, -0.05) is 0 Å². The van der Waals surface area contributed by atoms with Gasteiger partial charge in [0, 0.05) is 6.20 Å². The molecule has 0 fully saturated rings. The van der Waals surface area contributed by atoms with Gasteiger partial charge in [0.2, 0.25) is 0 Å². The molecule has 2 rings (SSSR count). The quantitative estimate of drug-likeness (QED) is 0.849. The van der Waals surface area contributed by atoms with Crippen molar-refractivity contribution in [1.82, 2.24) is 14.6 Å². The molecule has 0 spiro atoms. The van der Waals surface area contributed by atoms with E-state index in [-0.39, 0.29) is 5.56 Å². The molecule has 15 heavy (non-hydrogen) atoms. The maximum absolute atomic E-state index is 10.8. The van der Waals surface area contributed by atoms with Gasteiger partial charge in [0.05, 0.1) is 11.3 Å². The number of thioether (sulfide) groups is 1. The standard InChI is InChI=1S/C9H9N3O2S/c1-15-5-8-11-10-7-3-2-6(9(13)14)4-12(7)8/h2-4H,5H2,1H3,(H,13,14). The first-order chi connectivity index (χ1) is 7.22. The van der Waals surface area contributed by atoms with Crippen LogP contribution in [0, 0.1) is 0 Å². The smallest absolute Gasteiger partial charge is 0.337 e. The number of carboxylic acids is 1. The van der Waals surface area contributed by atoms with Gasteiger partial charge in [-0.05, 0) is 18.4 Å². The summed E-state index contributed by atoms with van der Waals surface area (Å²) in [5.41, 5.74) is 0.911. The van der Waals surface area contributed by atoms with Crippen LogP contribution >= 0.6 is 11.8 Å². The summed E-state index contributed by atoms with van der Waals surface area (Å²) in [4.78, 5) is 10.8. The van der Waals surface area contributed by atoms with Crippen LogP contribution in [0.2, 0.25) is 0 Å². The monoisotopic (exact) mass is 223 g/mol. The Balaban J connectivity index is 2.56. The molecule has 0 aliphatic rings. The summed E-state index contributed by atoms with van der Waals surface area (Å²) in [5.74, 6) is 0.533. The lowest BCUT2D eigenvalue weighted by Gasteiger charge is -1.99. The average Bonchev–Trinajstić information content (AvgIpc) is 2.61. The van der Waals surface area contributed by atoms with Crippen molar-refractivity contribution in [3.8, 4) is 0 Å². The first-order valence-electron chi connectivity index (χ1n) is 4.28. The highest BCUT2D eigenvalue weighted by Gasteiger charge is 2.08. The minimum Gasteiger partial charge on any atom is -0.478 e. The number of pyridine rings is 1.